The van der Waals surface area contributed by atoms with Gasteiger partial charge in [0.25, 0.3) is 5.56 Å². The molecular weight excluding hydrogens is 340 g/mol. The Bertz CT molecular complexity index is 948. The van der Waals surface area contributed by atoms with Crippen LogP contribution in [0.1, 0.15) is 5.56 Å². The summed E-state index contributed by atoms with van der Waals surface area (Å²) in [5.41, 5.74) is 3.13. The van der Waals surface area contributed by atoms with Gasteiger partial charge in [0, 0.05) is 23.0 Å². The van der Waals surface area contributed by atoms with E-state index in [1.54, 1.807) is 53.2 Å². The number of nitrogens with one attached hydrogen (secondary N) is 1. The highest BCUT2D eigenvalue weighted by molar-refractivity contribution is 6.30. The van der Waals surface area contributed by atoms with Crippen molar-refractivity contribution in [3.8, 4) is 11.1 Å². The van der Waals surface area contributed by atoms with E-state index in [2.05, 4.69) is 5.32 Å². The number of pyridine rings is 1. The van der Waals surface area contributed by atoms with Crippen molar-refractivity contribution in [3.05, 3.63) is 87.8 Å². The molecule has 2 N–H and O–H groups in total. The minimum atomic E-state index is -1.11. The molecule has 0 unspecified atom stereocenters. The number of hydrogen-bond acceptors (Lipinski definition) is 2. The lowest BCUT2D eigenvalue weighted by Gasteiger charge is -2.09. The molecule has 126 valence electrons. The molecule has 0 saturated heterocycles. The average molecular weight is 355 g/mol. The van der Waals surface area contributed by atoms with Crippen molar-refractivity contribution in [2.45, 2.75) is 6.54 Å². The van der Waals surface area contributed by atoms with Gasteiger partial charge in [0.1, 0.15) is 0 Å². The van der Waals surface area contributed by atoms with E-state index < -0.39 is 6.09 Å². The van der Waals surface area contributed by atoms with Crippen molar-refractivity contribution >= 4 is 23.4 Å². The first-order valence-electron chi connectivity index (χ1n) is 7.56. The van der Waals surface area contributed by atoms with E-state index in [-0.39, 0.29) is 5.56 Å². The van der Waals surface area contributed by atoms with Crippen LogP contribution in [0.5, 0.6) is 0 Å². The average Bonchev–Trinajstić information content (AvgIpc) is 2.59. The maximum Gasteiger partial charge on any atom is 0.409 e. The summed E-state index contributed by atoms with van der Waals surface area (Å²) in [7, 11) is 0. The third-order valence-electron chi connectivity index (χ3n) is 3.72. The van der Waals surface area contributed by atoms with E-state index in [1.165, 1.54) is 6.07 Å². The molecule has 0 atom stereocenters. The van der Waals surface area contributed by atoms with Crippen LogP contribution >= 0.6 is 11.6 Å². The highest BCUT2D eigenvalue weighted by Crippen LogP contribution is 2.21. The number of anilines is 1. The van der Waals surface area contributed by atoms with Crippen LogP contribution < -0.4 is 10.9 Å². The molecule has 0 saturated carbocycles. The van der Waals surface area contributed by atoms with Crippen LogP contribution in [0, 0.1) is 0 Å². The van der Waals surface area contributed by atoms with Gasteiger partial charge in [-0.3, -0.25) is 10.1 Å². The van der Waals surface area contributed by atoms with Crippen LogP contribution in [0.4, 0.5) is 10.5 Å². The fourth-order valence-corrected chi connectivity index (χ4v) is 2.61. The molecule has 5 nitrogen and oxygen atoms in total. The number of benzene rings is 2. The molecule has 6 heteroatoms. The lowest BCUT2D eigenvalue weighted by atomic mass is 10.1. The van der Waals surface area contributed by atoms with E-state index >= 15 is 0 Å². The van der Waals surface area contributed by atoms with Crippen LogP contribution in [0.2, 0.25) is 5.02 Å². The number of hydrogen-bond donors (Lipinski definition) is 2. The first-order valence-corrected chi connectivity index (χ1v) is 7.94. The van der Waals surface area contributed by atoms with Gasteiger partial charge in [-0.2, -0.15) is 0 Å². The first-order chi connectivity index (χ1) is 12.0. The molecular formula is C19H15ClN2O3. The molecule has 3 rings (SSSR count). The van der Waals surface area contributed by atoms with Gasteiger partial charge in [-0.1, -0.05) is 35.9 Å². The Morgan fingerprint density at radius 3 is 2.24 bits per heavy atom. The summed E-state index contributed by atoms with van der Waals surface area (Å²) in [6.45, 7) is 0.447. The zero-order valence-corrected chi connectivity index (χ0v) is 13.9. The second-order valence-corrected chi connectivity index (χ2v) is 5.95. The van der Waals surface area contributed by atoms with Crippen molar-refractivity contribution < 1.29 is 9.90 Å². The number of amides is 1. The third-order valence-corrected chi connectivity index (χ3v) is 3.97. The molecule has 0 aliphatic heterocycles. The molecule has 0 spiro atoms. The zero-order valence-electron chi connectivity index (χ0n) is 13.1. The fourth-order valence-electron chi connectivity index (χ4n) is 2.48. The fraction of sp³-hybridized carbons (Fsp3) is 0.0526. The molecule has 1 heterocycles. The Labute approximate surface area is 149 Å². The van der Waals surface area contributed by atoms with Gasteiger partial charge in [0.05, 0.1) is 6.54 Å². The first kappa shape index (κ1) is 16.8. The van der Waals surface area contributed by atoms with Crippen LogP contribution in [-0.2, 0) is 6.54 Å². The summed E-state index contributed by atoms with van der Waals surface area (Å²) >= 11 is 5.89. The molecule has 3 aromatic rings. The number of carboxylic acid groups (broad SMARTS) is 1. The molecule has 0 aliphatic carbocycles. The van der Waals surface area contributed by atoms with Gasteiger partial charge in [0.15, 0.2) is 0 Å². The van der Waals surface area contributed by atoms with Crippen molar-refractivity contribution in [1.29, 1.82) is 0 Å². The Kier molecular flexibility index (Phi) is 4.86. The Hall–Kier alpha value is -3.05. The quantitative estimate of drug-likeness (QED) is 0.733. The molecule has 0 radical (unpaired) electrons. The van der Waals surface area contributed by atoms with Crippen molar-refractivity contribution in [2.75, 3.05) is 5.32 Å². The second kappa shape index (κ2) is 7.23. The summed E-state index contributed by atoms with van der Waals surface area (Å²) in [5.74, 6) is 0. The van der Waals surface area contributed by atoms with Gasteiger partial charge >= 0.3 is 6.09 Å². The van der Waals surface area contributed by atoms with Gasteiger partial charge in [0.2, 0.25) is 0 Å². The lowest BCUT2D eigenvalue weighted by Crippen LogP contribution is -2.19. The number of carbonyl (C=O) groups is 1. The molecule has 1 aromatic heterocycles. The predicted molar refractivity (Wildman–Crippen MR) is 98.3 cm³/mol. The van der Waals surface area contributed by atoms with E-state index in [4.69, 9.17) is 16.7 Å². The van der Waals surface area contributed by atoms with Gasteiger partial charge in [-0.05, 0) is 47.0 Å². The normalized spacial score (nSPS) is 10.4. The van der Waals surface area contributed by atoms with Crippen LogP contribution in [0.25, 0.3) is 11.1 Å². The second-order valence-electron chi connectivity index (χ2n) is 5.52. The number of nitrogens with zero attached hydrogens (tertiary/aromatic N) is 1. The Morgan fingerprint density at radius 2 is 1.60 bits per heavy atom. The van der Waals surface area contributed by atoms with Crippen molar-refractivity contribution in [1.82, 2.24) is 4.57 Å². The summed E-state index contributed by atoms with van der Waals surface area (Å²) in [4.78, 5) is 22.8. The minimum absolute atomic E-state index is 0.0946. The smallest absolute Gasteiger partial charge is 0.409 e. The van der Waals surface area contributed by atoms with Crippen molar-refractivity contribution in [3.63, 3.8) is 0 Å². The van der Waals surface area contributed by atoms with E-state index in [0.717, 1.165) is 16.7 Å². The molecule has 2 aromatic carbocycles. The Morgan fingerprint density at radius 1 is 0.960 bits per heavy atom. The SMILES string of the molecule is O=C(O)Nc1ccc(-c2ccc(=O)n(Cc3ccc(Cl)cc3)c2)cc1. The molecule has 25 heavy (non-hydrogen) atoms. The lowest BCUT2D eigenvalue weighted by molar-refractivity contribution is 0.210. The highest BCUT2D eigenvalue weighted by atomic mass is 35.5. The monoisotopic (exact) mass is 354 g/mol. The molecule has 0 fully saturated rings. The van der Waals surface area contributed by atoms with E-state index in [0.29, 0.717) is 17.3 Å². The summed E-state index contributed by atoms with van der Waals surface area (Å²) < 4.78 is 1.63. The zero-order chi connectivity index (χ0) is 17.8. The summed E-state index contributed by atoms with van der Waals surface area (Å²) in [6, 6.07) is 17.6. The molecule has 1 amide bonds. The molecule has 0 aliphatic rings. The summed E-state index contributed by atoms with van der Waals surface area (Å²) in [5, 5.41) is 11.7. The third kappa shape index (κ3) is 4.28. The van der Waals surface area contributed by atoms with Crippen LogP contribution in [0.15, 0.2) is 71.7 Å². The predicted octanol–water partition coefficient (Wildman–Crippen LogP) is 4.31. The highest BCUT2D eigenvalue weighted by Gasteiger charge is 2.04. The Balaban J connectivity index is 1.87. The van der Waals surface area contributed by atoms with Crippen molar-refractivity contribution in [2.24, 2.45) is 0 Å². The van der Waals surface area contributed by atoms with E-state index in [1.807, 2.05) is 12.1 Å². The number of halogens is 1. The van der Waals surface area contributed by atoms with Gasteiger partial charge in [-0.25, -0.2) is 4.79 Å². The van der Waals surface area contributed by atoms with Crippen LogP contribution in [-0.4, -0.2) is 15.8 Å². The van der Waals surface area contributed by atoms with Gasteiger partial charge < -0.3 is 9.67 Å². The van der Waals surface area contributed by atoms with Gasteiger partial charge in [-0.15, -0.1) is 0 Å². The number of rotatable bonds is 4. The van der Waals surface area contributed by atoms with Crippen LogP contribution in [0.3, 0.4) is 0 Å². The topological polar surface area (TPSA) is 71.3 Å². The molecule has 0 bridgehead atoms. The standard InChI is InChI=1S/C19H15ClN2O3/c20-16-6-1-13(2-7-16)11-22-12-15(5-10-18(22)23)14-3-8-17(9-4-14)21-19(24)25/h1-10,12,21H,11H2,(H,24,25). The summed E-state index contributed by atoms with van der Waals surface area (Å²) in [6.07, 6.45) is 0.681. The maximum atomic E-state index is 12.1. The minimum Gasteiger partial charge on any atom is -0.465 e. The van der Waals surface area contributed by atoms with E-state index in [9.17, 15) is 9.59 Å². The maximum absolute atomic E-state index is 12.1. The largest absolute Gasteiger partial charge is 0.465 e. The number of aromatic nitrogens is 1.